The lowest BCUT2D eigenvalue weighted by Crippen LogP contribution is -2.30. The SMILES string of the molecule is CNC(=O)c1cc(=O)n(CC(=O)Nc2cccc(SC)c2)c2ccccc12. The Kier molecular flexibility index (Phi) is 5.61. The molecule has 138 valence electrons. The van der Waals surface area contributed by atoms with Crippen molar-refractivity contribution in [2.24, 2.45) is 0 Å². The van der Waals surface area contributed by atoms with Crippen molar-refractivity contribution >= 4 is 40.2 Å². The Balaban J connectivity index is 1.95. The summed E-state index contributed by atoms with van der Waals surface area (Å²) in [4.78, 5) is 38.2. The number of fused-ring (bicyclic) bond motifs is 1. The van der Waals surface area contributed by atoms with Crippen LogP contribution in [0.2, 0.25) is 0 Å². The first-order valence-corrected chi connectivity index (χ1v) is 9.54. The number of pyridine rings is 1. The number of nitrogens with zero attached hydrogens (tertiary/aromatic N) is 1. The maximum atomic E-state index is 12.6. The molecule has 0 fully saturated rings. The molecule has 1 aromatic heterocycles. The van der Waals surface area contributed by atoms with Crippen molar-refractivity contribution in [1.29, 1.82) is 0 Å². The number of rotatable bonds is 5. The van der Waals surface area contributed by atoms with Gasteiger partial charge in [0.1, 0.15) is 6.54 Å². The van der Waals surface area contributed by atoms with Gasteiger partial charge in [0.05, 0.1) is 11.1 Å². The van der Waals surface area contributed by atoms with E-state index in [9.17, 15) is 14.4 Å². The average Bonchev–Trinajstić information content (AvgIpc) is 2.69. The van der Waals surface area contributed by atoms with Gasteiger partial charge in [0.25, 0.3) is 11.5 Å². The van der Waals surface area contributed by atoms with Crippen LogP contribution in [0.4, 0.5) is 5.69 Å². The van der Waals surface area contributed by atoms with Crippen LogP contribution in [0.25, 0.3) is 10.9 Å². The molecule has 0 aliphatic heterocycles. The molecule has 7 heteroatoms. The number of hydrogen-bond acceptors (Lipinski definition) is 4. The maximum absolute atomic E-state index is 12.6. The number of hydrogen-bond donors (Lipinski definition) is 2. The quantitative estimate of drug-likeness (QED) is 0.666. The zero-order chi connectivity index (χ0) is 19.4. The van der Waals surface area contributed by atoms with Crippen LogP contribution in [-0.2, 0) is 11.3 Å². The molecule has 0 saturated carbocycles. The van der Waals surface area contributed by atoms with Gasteiger partial charge < -0.3 is 10.6 Å². The summed E-state index contributed by atoms with van der Waals surface area (Å²) in [6.07, 6.45) is 1.96. The first kappa shape index (κ1) is 18.7. The molecule has 2 aromatic carbocycles. The Bertz CT molecular complexity index is 1080. The number of aromatic nitrogens is 1. The number of thioether (sulfide) groups is 1. The Morgan fingerprint density at radius 3 is 2.59 bits per heavy atom. The lowest BCUT2D eigenvalue weighted by atomic mass is 10.1. The van der Waals surface area contributed by atoms with Crippen molar-refractivity contribution in [3.8, 4) is 0 Å². The molecule has 0 radical (unpaired) electrons. The van der Waals surface area contributed by atoms with Gasteiger partial charge in [-0.1, -0.05) is 24.3 Å². The number of para-hydroxylation sites is 1. The van der Waals surface area contributed by atoms with E-state index in [-0.39, 0.29) is 18.4 Å². The zero-order valence-electron chi connectivity index (χ0n) is 15.0. The van der Waals surface area contributed by atoms with Crippen molar-refractivity contribution in [2.45, 2.75) is 11.4 Å². The topological polar surface area (TPSA) is 80.2 Å². The summed E-state index contributed by atoms with van der Waals surface area (Å²) in [5.41, 5.74) is 1.10. The van der Waals surface area contributed by atoms with Gasteiger partial charge in [-0.2, -0.15) is 0 Å². The predicted octanol–water partition coefficient (Wildman–Crippen LogP) is 2.72. The molecule has 0 atom stereocenters. The average molecular weight is 381 g/mol. The van der Waals surface area contributed by atoms with Gasteiger partial charge in [-0.15, -0.1) is 11.8 Å². The van der Waals surface area contributed by atoms with E-state index in [2.05, 4.69) is 10.6 Å². The standard InChI is InChI=1S/C20H19N3O3S/c1-21-20(26)16-11-19(25)23(17-9-4-3-8-15(16)17)12-18(24)22-13-6-5-7-14(10-13)27-2/h3-11H,12H2,1-2H3,(H,21,26)(H,22,24). The van der Waals surface area contributed by atoms with E-state index >= 15 is 0 Å². The van der Waals surface area contributed by atoms with Gasteiger partial charge in [-0.05, 0) is 30.5 Å². The maximum Gasteiger partial charge on any atom is 0.252 e. The number of nitrogens with one attached hydrogen (secondary N) is 2. The highest BCUT2D eigenvalue weighted by molar-refractivity contribution is 7.98. The summed E-state index contributed by atoms with van der Waals surface area (Å²) in [6, 6.07) is 15.8. The fourth-order valence-electron chi connectivity index (χ4n) is 2.87. The third-order valence-corrected chi connectivity index (χ3v) is 4.87. The van der Waals surface area contributed by atoms with Crippen LogP contribution < -0.4 is 16.2 Å². The van der Waals surface area contributed by atoms with Crippen molar-refractivity contribution in [3.05, 3.63) is 70.5 Å². The third kappa shape index (κ3) is 4.03. The van der Waals surface area contributed by atoms with Crippen molar-refractivity contribution in [3.63, 3.8) is 0 Å². The van der Waals surface area contributed by atoms with Crippen molar-refractivity contribution in [1.82, 2.24) is 9.88 Å². The van der Waals surface area contributed by atoms with Crippen LogP contribution in [0, 0.1) is 0 Å². The summed E-state index contributed by atoms with van der Waals surface area (Å²) in [6.45, 7) is -0.142. The minimum absolute atomic E-state index is 0.142. The minimum atomic E-state index is -0.402. The van der Waals surface area contributed by atoms with Gasteiger partial charge in [0.2, 0.25) is 5.91 Å². The minimum Gasteiger partial charge on any atom is -0.355 e. The van der Waals surface area contributed by atoms with Crippen LogP contribution in [-0.4, -0.2) is 29.7 Å². The van der Waals surface area contributed by atoms with E-state index in [1.54, 1.807) is 42.1 Å². The number of anilines is 1. The second kappa shape index (κ2) is 8.09. The largest absolute Gasteiger partial charge is 0.355 e. The van der Waals surface area contributed by atoms with Crippen LogP contribution >= 0.6 is 11.8 Å². The Hall–Kier alpha value is -3.06. The Morgan fingerprint density at radius 1 is 1.07 bits per heavy atom. The third-order valence-electron chi connectivity index (χ3n) is 4.15. The van der Waals surface area contributed by atoms with Crippen LogP contribution in [0.5, 0.6) is 0 Å². The second-order valence-corrected chi connectivity index (χ2v) is 6.74. The molecule has 0 spiro atoms. The van der Waals surface area contributed by atoms with E-state index in [1.165, 1.54) is 17.7 Å². The molecule has 0 aliphatic carbocycles. The fourth-order valence-corrected chi connectivity index (χ4v) is 3.32. The highest BCUT2D eigenvalue weighted by Gasteiger charge is 2.15. The molecule has 3 aromatic rings. The van der Waals surface area contributed by atoms with Gasteiger partial charge in [-0.25, -0.2) is 0 Å². The first-order valence-electron chi connectivity index (χ1n) is 8.32. The molecular weight excluding hydrogens is 362 g/mol. The summed E-state index contributed by atoms with van der Waals surface area (Å²) in [5, 5.41) is 5.97. The van der Waals surface area contributed by atoms with Gasteiger partial charge in [0, 0.05) is 29.1 Å². The number of amides is 2. The van der Waals surface area contributed by atoms with E-state index in [0.29, 0.717) is 22.2 Å². The first-order chi connectivity index (χ1) is 13.0. The molecule has 1 heterocycles. The highest BCUT2D eigenvalue weighted by Crippen LogP contribution is 2.20. The van der Waals surface area contributed by atoms with Crippen LogP contribution in [0.3, 0.4) is 0 Å². The van der Waals surface area contributed by atoms with Gasteiger partial charge >= 0.3 is 0 Å². The van der Waals surface area contributed by atoms with Crippen LogP contribution in [0.1, 0.15) is 10.4 Å². The number of benzene rings is 2. The summed E-state index contributed by atoms with van der Waals surface area (Å²) in [7, 11) is 1.51. The van der Waals surface area contributed by atoms with E-state index in [4.69, 9.17) is 0 Å². The van der Waals surface area contributed by atoms with Gasteiger partial charge in [-0.3, -0.25) is 19.0 Å². The highest BCUT2D eigenvalue weighted by atomic mass is 32.2. The van der Waals surface area contributed by atoms with Crippen LogP contribution in [0.15, 0.2) is 64.3 Å². The second-order valence-electron chi connectivity index (χ2n) is 5.86. The molecule has 0 saturated heterocycles. The summed E-state index contributed by atoms with van der Waals surface area (Å²) < 4.78 is 1.37. The lowest BCUT2D eigenvalue weighted by Gasteiger charge is -2.13. The van der Waals surface area contributed by atoms with E-state index in [0.717, 1.165) is 4.90 Å². The summed E-state index contributed by atoms with van der Waals surface area (Å²) >= 11 is 1.58. The molecule has 2 amide bonds. The smallest absolute Gasteiger partial charge is 0.252 e. The summed E-state index contributed by atoms with van der Waals surface area (Å²) in [5.74, 6) is -0.651. The molecule has 0 unspecified atom stereocenters. The number of carbonyl (C=O) groups excluding carboxylic acids is 2. The fraction of sp³-hybridized carbons (Fsp3) is 0.150. The molecule has 6 nitrogen and oxygen atoms in total. The molecule has 27 heavy (non-hydrogen) atoms. The predicted molar refractivity (Wildman–Crippen MR) is 108 cm³/mol. The normalized spacial score (nSPS) is 10.6. The molecule has 2 N–H and O–H groups in total. The zero-order valence-corrected chi connectivity index (χ0v) is 15.8. The molecular formula is C20H19N3O3S. The van der Waals surface area contributed by atoms with Gasteiger partial charge in [0.15, 0.2) is 0 Å². The lowest BCUT2D eigenvalue weighted by molar-refractivity contribution is -0.116. The monoisotopic (exact) mass is 381 g/mol. The Morgan fingerprint density at radius 2 is 1.85 bits per heavy atom. The molecule has 0 aliphatic rings. The Labute approximate surface area is 160 Å². The molecule has 3 rings (SSSR count). The molecule has 0 bridgehead atoms. The van der Waals surface area contributed by atoms with Crippen molar-refractivity contribution in [2.75, 3.05) is 18.6 Å². The van der Waals surface area contributed by atoms with E-state index < -0.39 is 5.56 Å². The van der Waals surface area contributed by atoms with Crippen molar-refractivity contribution < 1.29 is 9.59 Å². The number of carbonyl (C=O) groups is 2. The van der Waals surface area contributed by atoms with E-state index in [1.807, 2.05) is 24.5 Å².